The van der Waals surface area contributed by atoms with Gasteiger partial charge in [0.1, 0.15) is 5.69 Å². The highest BCUT2D eigenvalue weighted by molar-refractivity contribution is 9.10. The molecule has 0 atom stereocenters. The highest BCUT2D eigenvalue weighted by atomic mass is 79.9. The average molecular weight is 330 g/mol. The van der Waals surface area contributed by atoms with Crippen molar-refractivity contribution in [3.8, 4) is 0 Å². The molecule has 0 radical (unpaired) electrons. The van der Waals surface area contributed by atoms with E-state index in [-0.39, 0.29) is 11.3 Å². The molecule has 0 spiro atoms. The first kappa shape index (κ1) is 16.2. The van der Waals surface area contributed by atoms with Crippen molar-refractivity contribution in [2.45, 2.75) is 27.3 Å². The summed E-state index contributed by atoms with van der Waals surface area (Å²) in [6.07, 6.45) is 1.93. The molecule has 0 fully saturated rings. The number of nitrogens with one attached hydrogen (secondary N) is 1. The lowest BCUT2D eigenvalue weighted by Crippen LogP contribution is -2.40. The van der Waals surface area contributed by atoms with Crippen LogP contribution in [0.1, 0.15) is 31.3 Å². The molecular weight excluding hydrogens is 306 g/mol. The molecular formula is C14H24BrN3O. The van der Waals surface area contributed by atoms with E-state index in [1.807, 2.05) is 37.8 Å². The van der Waals surface area contributed by atoms with Gasteiger partial charge in [0.05, 0.1) is 0 Å². The molecule has 1 aromatic rings. The average Bonchev–Trinajstić information content (AvgIpc) is 2.66. The van der Waals surface area contributed by atoms with E-state index in [4.69, 9.17) is 0 Å². The van der Waals surface area contributed by atoms with Crippen LogP contribution in [-0.4, -0.2) is 42.6 Å². The third-order valence-electron chi connectivity index (χ3n) is 2.91. The van der Waals surface area contributed by atoms with Gasteiger partial charge in [-0.2, -0.15) is 0 Å². The Balaban J connectivity index is 2.65. The molecule has 0 unspecified atom stereocenters. The van der Waals surface area contributed by atoms with Crippen LogP contribution in [0.15, 0.2) is 16.7 Å². The summed E-state index contributed by atoms with van der Waals surface area (Å²) in [6, 6.07) is 1.86. The van der Waals surface area contributed by atoms with Crippen molar-refractivity contribution in [2.24, 2.45) is 5.41 Å². The van der Waals surface area contributed by atoms with Gasteiger partial charge >= 0.3 is 0 Å². The fourth-order valence-corrected chi connectivity index (χ4v) is 2.71. The predicted octanol–water partition coefficient (Wildman–Crippen LogP) is 2.59. The maximum Gasteiger partial charge on any atom is 0.267 e. The SMILES string of the molecule is CCn1cc(Br)cc1C(=O)NCC(C)(C)CN(C)C. The first-order valence-electron chi connectivity index (χ1n) is 6.54. The molecule has 1 rings (SSSR count). The van der Waals surface area contributed by atoms with Crippen molar-refractivity contribution >= 4 is 21.8 Å². The number of hydrogen-bond donors (Lipinski definition) is 1. The summed E-state index contributed by atoms with van der Waals surface area (Å²) in [7, 11) is 4.09. The third-order valence-corrected chi connectivity index (χ3v) is 3.34. The van der Waals surface area contributed by atoms with Gasteiger partial charge in [-0.3, -0.25) is 4.79 Å². The molecule has 1 amide bonds. The second-order valence-corrected chi connectivity index (χ2v) is 6.83. The Morgan fingerprint density at radius 1 is 1.47 bits per heavy atom. The lowest BCUT2D eigenvalue weighted by molar-refractivity contribution is 0.0920. The van der Waals surface area contributed by atoms with Gasteiger partial charge in [-0.05, 0) is 48.4 Å². The molecule has 1 N–H and O–H groups in total. The van der Waals surface area contributed by atoms with E-state index in [1.54, 1.807) is 0 Å². The Morgan fingerprint density at radius 2 is 2.11 bits per heavy atom. The highest BCUT2D eigenvalue weighted by Crippen LogP contribution is 2.17. The molecule has 0 aromatic carbocycles. The number of aromatic nitrogens is 1. The van der Waals surface area contributed by atoms with Gasteiger partial charge in [0.2, 0.25) is 0 Å². The van der Waals surface area contributed by atoms with E-state index in [1.165, 1.54) is 0 Å². The van der Waals surface area contributed by atoms with Crippen molar-refractivity contribution in [1.29, 1.82) is 0 Å². The second kappa shape index (κ2) is 6.57. The van der Waals surface area contributed by atoms with Crippen molar-refractivity contribution in [3.63, 3.8) is 0 Å². The molecule has 0 aliphatic carbocycles. The van der Waals surface area contributed by atoms with Crippen LogP contribution in [-0.2, 0) is 6.54 Å². The smallest absolute Gasteiger partial charge is 0.267 e. The van der Waals surface area contributed by atoms with Crippen LogP contribution in [0.3, 0.4) is 0 Å². The second-order valence-electron chi connectivity index (χ2n) is 5.91. The molecule has 0 saturated heterocycles. The summed E-state index contributed by atoms with van der Waals surface area (Å²) in [5, 5.41) is 3.03. The van der Waals surface area contributed by atoms with Gasteiger partial charge in [-0.15, -0.1) is 0 Å². The van der Waals surface area contributed by atoms with Crippen molar-refractivity contribution in [1.82, 2.24) is 14.8 Å². The van der Waals surface area contributed by atoms with Gasteiger partial charge in [0, 0.05) is 30.3 Å². The third kappa shape index (κ3) is 4.99. The van der Waals surface area contributed by atoms with Crippen LogP contribution in [0.5, 0.6) is 0 Å². The molecule has 0 aliphatic heterocycles. The Hall–Kier alpha value is -0.810. The summed E-state index contributed by atoms with van der Waals surface area (Å²) < 4.78 is 2.88. The van der Waals surface area contributed by atoms with Crippen LogP contribution in [0.25, 0.3) is 0 Å². The van der Waals surface area contributed by atoms with Crippen LogP contribution in [0.2, 0.25) is 0 Å². The number of aryl methyl sites for hydroxylation is 1. The zero-order valence-electron chi connectivity index (χ0n) is 12.5. The van der Waals surface area contributed by atoms with Gasteiger partial charge in [0.25, 0.3) is 5.91 Å². The largest absolute Gasteiger partial charge is 0.350 e. The first-order valence-corrected chi connectivity index (χ1v) is 7.33. The maximum atomic E-state index is 12.2. The van der Waals surface area contributed by atoms with Crippen LogP contribution in [0, 0.1) is 5.41 Å². The molecule has 0 bridgehead atoms. The number of amides is 1. The molecule has 0 aliphatic rings. The normalized spacial score (nSPS) is 11.9. The van der Waals surface area contributed by atoms with Crippen molar-refractivity contribution in [2.75, 3.05) is 27.2 Å². The van der Waals surface area contributed by atoms with Crippen LogP contribution in [0.4, 0.5) is 0 Å². The summed E-state index contributed by atoms with van der Waals surface area (Å²) >= 11 is 3.41. The van der Waals surface area contributed by atoms with Crippen LogP contribution >= 0.6 is 15.9 Å². The monoisotopic (exact) mass is 329 g/mol. The van der Waals surface area contributed by atoms with E-state index in [0.29, 0.717) is 12.2 Å². The summed E-state index contributed by atoms with van der Waals surface area (Å²) in [5.74, 6) is -0.0145. The maximum absolute atomic E-state index is 12.2. The number of halogens is 1. The van der Waals surface area contributed by atoms with E-state index in [9.17, 15) is 4.79 Å². The van der Waals surface area contributed by atoms with Crippen molar-refractivity contribution < 1.29 is 4.79 Å². The zero-order chi connectivity index (χ0) is 14.6. The number of nitrogens with zero attached hydrogens (tertiary/aromatic N) is 2. The first-order chi connectivity index (χ1) is 8.75. The van der Waals surface area contributed by atoms with Gasteiger partial charge in [0.15, 0.2) is 0 Å². The summed E-state index contributed by atoms with van der Waals surface area (Å²) in [6.45, 7) is 8.72. The molecule has 1 heterocycles. The highest BCUT2D eigenvalue weighted by Gasteiger charge is 2.21. The fraction of sp³-hybridized carbons (Fsp3) is 0.643. The number of rotatable bonds is 6. The molecule has 19 heavy (non-hydrogen) atoms. The van der Waals surface area contributed by atoms with E-state index < -0.39 is 0 Å². The number of hydrogen-bond acceptors (Lipinski definition) is 2. The van der Waals surface area contributed by atoms with E-state index in [0.717, 1.165) is 17.6 Å². The lowest BCUT2D eigenvalue weighted by atomic mass is 9.93. The number of carbonyl (C=O) groups excluding carboxylic acids is 1. The Morgan fingerprint density at radius 3 is 2.63 bits per heavy atom. The molecule has 1 aromatic heterocycles. The molecule has 108 valence electrons. The topological polar surface area (TPSA) is 37.3 Å². The van der Waals surface area contributed by atoms with E-state index in [2.05, 4.69) is 40.0 Å². The molecule has 0 saturated carbocycles. The molecule has 4 nitrogen and oxygen atoms in total. The van der Waals surface area contributed by atoms with Gasteiger partial charge in [-0.1, -0.05) is 13.8 Å². The Kier molecular flexibility index (Phi) is 5.62. The summed E-state index contributed by atoms with van der Waals surface area (Å²) in [4.78, 5) is 14.3. The van der Waals surface area contributed by atoms with Gasteiger partial charge in [-0.25, -0.2) is 0 Å². The zero-order valence-corrected chi connectivity index (χ0v) is 14.0. The quantitative estimate of drug-likeness (QED) is 0.870. The lowest BCUT2D eigenvalue weighted by Gasteiger charge is -2.28. The number of carbonyl (C=O) groups is 1. The molecule has 5 heteroatoms. The Bertz CT molecular complexity index is 438. The fourth-order valence-electron chi connectivity index (χ4n) is 2.25. The summed E-state index contributed by atoms with van der Waals surface area (Å²) in [5.41, 5.74) is 0.759. The minimum atomic E-state index is -0.0145. The standard InChI is InChI=1S/C14H24BrN3O/c1-6-18-8-11(15)7-12(18)13(19)16-9-14(2,3)10-17(4)5/h7-8H,6,9-10H2,1-5H3,(H,16,19). The van der Waals surface area contributed by atoms with Gasteiger partial charge < -0.3 is 14.8 Å². The minimum Gasteiger partial charge on any atom is -0.350 e. The Labute approximate surface area is 124 Å². The predicted molar refractivity (Wildman–Crippen MR) is 82.5 cm³/mol. The van der Waals surface area contributed by atoms with E-state index >= 15 is 0 Å². The van der Waals surface area contributed by atoms with Crippen molar-refractivity contribution in [3.05, 3.63) is 22.4 Å². The minimum absolute atomic E-state index is 0.0145. The van der Waals surface area contributed by atoms with Crippen LogP contribution < -0.4 is 5.32 Å².